The number of methoxy groups -OCH3 is 1. The van der Waals surface area contributed by atoms with E-state index in [0.717, 1.165) is 12.1 Å². The van der Waals surface area contributed by atoms with Crippen molar-refractivity contribution in [2.75, 3.05) is 20.3 Å². The van der Waals surface area contributed by atoms with Crippen molar-refractivity contribution in [3.05, 3.63) is 79.9 Å². The molecule has 0 aliphatic carbocycles. The second-order valence-electron chi connectivity index (χ2n) is 14.9. The average Bonchev–Trinajstić information content (AvgIpc) is 3.49. The number of carbonyl (C=O) groups excluding carboxylic acids is 1. The summed E-state index contributed by atoms with van der Waals surface area (Å²) in [6, 6.07) is 8.23. The molecule has 0 atom stereocenters. The van der Waals surface area contributed by atoms with Crippen molar-refractivity contribution in [1.29, 1.82) is 0 Å². The second-order valence-corrected chi connectivity index (χ2v) is 26.1. The third-order valence-corrected chi connectivity index (χ3v) is 11.4. The standard InChI is InChI=1S/C18H27N3O4Si.C17H25N3O4Si/c1-13-9-14(18(23)24-3)10-16(19-13)15-11-21(20(2)17(15)22)12-25-7-8-26(4,5)6;1-12-8-13(17(22)23)9-15(18-12)14-10-20(19(2)16(14)21)11-24-6-7-25(3,4)5/h9-11H,7-8,12H2,1-6H3;8-10H,6-7,11H2,1-5H3,(H,22,23). The number of aromatic nitrogens is 6. The Bertz CT molecular complexity index is 1960. The van der Waals surface area contributed by atoms with Crippen LogP contribution in [0.1, 0.15) is 32.1 Å². The van der Waals surface area contributed by atoms with E-state index in [1.54, 1.807) is 61.8 Å². The SMILES string of the molecule is COC(=O)c1cc(C)nc(-c2cn(COCC[Si](C)(C)C)n(C)c2=O)c1.Cc1cc(C(=O)O)cc(-c2cn(COCC[Si](C)(C)C)n(C)c2=O)n1. The number of carboxylic acid groups (broad SMARTS) is 1. The van der Waals surface area contributed by atoms with E-state index >= 15 is 0 Å². The monoisotopic (exact) mass is 740 g/mol. The molecule has 0 radical (unpaired) electrons. The molecule has 0 saturated heterocycles. The van der Waals surface area contributed by atoms with Gasteiger partial charge in [-0.2, -0.15) is 0 Å². The molecule has 16 heteroatoms. The predicted molar refractivity (Wildman–Crippen MR) is 202 cm³/mol. The Morgan fingerprint density at radius 3 is 1.47 bits per heavy atom. The highest BCUT2D eigenvalue weighted by molar-refractivity contribution is 6.76. The molecule has 278 valence electrons. The van der Waals surface area contributed by atoms with Crippen molar-refractivity contribution in [2.24, 2.45) is 14.1 Å². The van der Waals surface area contributed by atoms with Crippen LogP contribution >= 0.6 is 0 Å². The lowest BCUT2D eigenvalue weighted by atomic mass is 10.1. The molecule has 14 nitrogen and oxygen atoms in total. The Morgan fingerprint density at radius 1 is 0.706 bits per heavy atom. The number of hydrogen-bond acceptors (Lipinski definition) is 9. The minimum Gasteiger partial charge on any atom is -0.478 e. The van der Waals surface area contributed by atoms with E-state index in [4.69, 9.17) is 14.2 Å². The highest BCUT2D eigenvalue weighted by atomic mass is 28.3. The lowest BCUT2D eigenvalue weighted by Gasteiger charge is -2.16. The molecule has 4 aromatic rings. The van der Waals surface area contributed by atoms with Crippen molar-refractivity contribution in [3.8, 4) is 22.5 Å². The summed E-state index contributed by atoms with van der Waals surface area (Å²) in [6.45, 7) is 19.1. The number of aryl methyl sites for hydroxylation is 2. The van der Waals surface area contributed by atoms with Gasteiger partial charge in [0, 0.05) is 67.2 Å². The van der Waals surface area contributed by atoms with E-state index in [0.29, 0.717) is 59.4 Å². The van der Waals surface area contributed by atoms with Gasteiger partial charge < -0.3 is 19.3 Å². The summed E-state index contributed by atoms with van der Waals surface area (Å²) in [5.41, 5.74) is 2.86. The Balaban J connectivity index is 0.000000276. The highest BCUT2D eigenvalue weighted by Crippen LogP contribution is 2.19. The Morgan fingerprint density at radius 2 is 1.10 bits per heavy atom. The summed E-state index contributed by atoms with van der Waals surface area (Å²) >= 11 is 0. The van der Waals surface area contributed by atoms with Crippen LogP contribution in [-0.2, 0) is 41.8 Å². The Labute approximate surface area is 300 Å². The first-order valence-corrected chi connectivity index (χ1v) is 24.1. The molecule has 4 rings (SSSR count). The van der Waals surface area contributed by atoms with Gasteiger partial charge in [0.05, 0.1) is 40.8 Å². The van der Waals surface area contributed by atoms with Gasteiger partial charge in [0.15, 0.2) is 0 Å². The van der Waals surface area contributed by atoms with Crippen LogP contribution in [-0.4, -0.2) is 82.2 Å². The maximum absolute atomic E-state index is 12.6. The molecule has 0 aromatic carbocycles. The first-order chi connectivity index (χ1) is 23.7. The number of pyridine rings is 2. The second kappa shape index (κ2) is 17.2. The van der Waals surface area contributed by atoms with Gasteiger partial charge in [-0.15, -0.1) is 0 Å². The highest BCUT2D eigenvalue weighted by Gasteiger charge is 2.18. The van der Waals surface area contributed by atoms with E-state index < -0.39 is 28.1 Å². The van der Waals surface area contributed by atoms with Crippen molar-refractivity contribution in [2.45, 2.75) is 78.7 Å². The quantitative estimate of drug-likeness (QED) is 0.103. The normalized spacial score (nSPS) is 11.7. The fourth-order valence-corrected chi connectivity index (χ4v) is 6.32. The molecular formula is C35H52N6O8Si2. The summed E-state index contributed by atoms with van der Waals surface area (Å²) in [6.07, 6.45) is 3.37. The number of carbonyl (C=O) groups is 2. The topological polar surface area (TPSA) is 162 Å². The number of ether oxygens (including phenoxy) is 3. The fourth-order valence-electron chi connectivity index (χ4n) is 4.81. The molecule has 0 amide bonds. The van der Waals surface area contributed by atoms with Crippen LogP contribution in [0, 0.1) is 13.8 Å². The Kier molecular flexibility index (Phi) is 13.9. The van der Waals surface area contributed by atoms with E-state index in [1.807, 2.05) is 0 Å². The van der Waals surface area contributed by atoms with Gasteiger partial charge in [-0.25, -0.2) is 9.59 Å². The zero-order valence-electron chi connectivity index (χ0n) is 31.7. The van der Waals surface area contributed by atoms with Gasteiger partial charge in [-0.1, -0.05) is 39.3 Å². The summed E-state index contributed by atoms with van der Waals surface area (Å²) < 4.78 is 22.5. The number of aromatic carboxylic acids is 1. The first kappa shape index (κ1) is 41.0. The minimum absolute atomic E-state index is 0.115. The molecule has 0 spiro atoms. The van der Waals surface area contributed by atoms with Gasteiger partial charge in [0.25, 0.3) is 11.1 Å². The Hall–Kier alpha value is -4.39. The summed E-state index contributed by atoms with van der Waals surface area (Å²) in [7, 11) is 2.35. The van der Waals surface area contributed by atoms with Crippen molar-refractivity contribution in [1.82, 2.24) is 28.7 Å². The predicted octanol–water partition coefficient (Wildman–Crippen LogP) is 5.22. The van der Waals surface area contributed by atoms with Crippen molar-refractivity contribution >= 4 is 28.1 Å². The molecule has 0 saturated carbocycles. The molecule has 0 bridgehead atoms. The van der Waals surface area contributed by atoms with Gasteiger partial charge >= 0.3 is 11.9 Å². The molecule has 0 aliphatic heterocycles. The van der Waals surface area contributed by atoms with Crippen molar-refractivity contribution in [3.63, 3.8) is 0 Å². The number of hydrogen-bond donors (Lipinski definition) is 1. The van der Waals surface area contributed by atoms with Crippen LogP contribution in [0.2, 0.25) is 51.4 Å². The van der Waals surface area contributed by atoms with E-state index in [2.05, 4.69) is 49.3 Å². The van der Waals surface area contributed by atoms with Gasteiger partial charge in [-0.05, 0) is 50.2 Å². The zero-order chi connectivity index (χ0) is 38.3. The van der Waals surface area contributed by atoms with Crippen molar-refractivity contribution < 1.29 is 28.9 Å². The molecule has 1 N–H and O–H groups in total. The van der Waals surface area contributed by atoms with E-state index in [9.17, 15) is 24.3 Å². The first-order valence-electron chi connectivity index (χ1n) is 16.7. The van der Waals surface area contributed by atoms with Crippen LogP contribution < -0.4 is 11.1 Å². The third-order valence-electron chi connectivity index (χ3n) is 7.94. The van der Waals surface area contributed by atoms with Crippen LogP contribution in [0.15, 0.2) is 46.2 Å². The van der Waals surface area contributed by atoms with Crippen LogP contribution in [0.3, 0.4) is 0 Å². The molecule has 4 aromatic heterocycles. The van der Waals surface area contributed by atoms with Gasteiger partial charge in [0.2, 0.25) is 0 Å². The maximum atomic E-state index is 12.6. The molecule has 51 heavy (non-hydrogen) atoms. The van der Waals surface area contributed by atoms with Gasteiger partial charge in [0.1, 0.15) is 13.5 Å². The number of nitrogens with zero attached hydrogens (tertiary/aromatic N) is 6. The van der Waals surface area contributed by atoms with Crippen LogP contribution in [0.5, 0.6) is 0 Å². The van der Waals surface area contributed by atoms with E-state index in [1.165, 1.54) is 28.6 Å². The zero-order valence-corrected chi connectivity index (χ0v) is 33.7. The fraction of sp³-hybridized carbons (Fsp3) is 0.486. The lowest BCUT2D eigenvalue weighted by Crippen LogP contribution is -2.24. The number of rotatable bonds is 14. The summed E-state index contributed by atoms with van der Waals surface area (Å²) in [5, 5.41) is 9.19. The molecular weight excluding hydrogens is 689 g/mol. The van der Waals surface area contributed by atoms with Crippen LogP contribution in [0.4, 0.5) is 0 Å². The summed E-state index contributed by atoms with van der Waals surface area (Å²) in [4.78, 5) is 56.8. The average molecular weight is 741 g/mol. The molecule has 0 fully saturated rings. The van der Waals surface area contributed by atoms with Crippen LogP contribution in [0.25, 0.3) is 22.5 Å². The van der Waals surface area contributed by atoms with Gasteiger partial charge in [-0.3, -0.25) is 38.3 Å². The number of esters is 1. The third kappa shape index (κ3) is 11.8. The maximum Gasteiger partial charge on any atom is 0.337 e. The largest absolute Gasteiger partial charge is 0.478 e. The molecule has 4 heterocycles. The number of carboxylic acids is 1. The minimum atomic E-state index is -1.16. The molecule has 0 aliphatic rings. The molecule has 0 unspecified atom stereocenters. The summed E-state index contributed by atoms with van der Waals surface area (Å²) in [5.74, 6) is -1.50. The lowest BCUT2D eigenvalue weighted by molar-refractivity contribution is 0.0599. The smallest absolute Gasteiger partial charge is 0.337 e. The van der Waals surface area contributed by atoms with E-state index in [-0.39, 0.29) is 23.4 Å².